The predicted octanol–water partition coefficient (Wildman–Crippen LogP) is 5.84. The van der Waals surface area contributed by atoms with Crippen LogP contribution in [0, 0.1) is 30.6 Å². The molecule has 1 unspecified atom stereocenters. The zero-order valence-corrected chi connectivity index (χ0v) is 25.8. The number of methoxy groups -OCH3 is 1. The molecule has 3 N–H and O–H groups in total. The number of aryl methyl sites for hydroxylation is 2. The van der Waals surface area contributed by atoms with Crippen LogP contribution in [0.2, 0.25) is 0 Å². The first-order valence-corrected chi connectivity index (χ1v) is 15.3. The van der Waals surface area contributed by atoms with Gasteiger partial charge in [-0.1, -0.05) is 67.3 Å². The molecule has 3 aromatic rings. The van der Waals surface area contributed by atoms with Crippen LogP contribution >= 0.6 is 23.1 Å². The summed E-state index contributed by atoms with van der Waals surface area (Å²) in [5.74, 6) is 0.203. The van der Waals surface area contributed by atoms with Crippen molar-refractivity contribution in [1.82, 2.24) is 10.2 Å². The number of nitrogens with two attached hydrogens (primary N) is 1. The van der Waals surface area contributed by atoms with Gasteiger partial charge in [0.2, 0.25) is 11.0 Å². The Balaban J connectivity index is 1.47. The van der Waals surface area contributed by atoms with Gasteiger partial charge in [0.25, 0.3) is 0 Å². The highest BCUT2D eigenvalue weighted by molar-refractivity contribution is 8.01. The molecule has 1 amide bonds. The maximum absolute atomic E-state index is 13.7. The van der Waals surface area contributed by atoms with E-state index in [0.717, 1.165) is 28.1 Å². The van der Waals surface area contributed by atoms with Crippen molar-refractivity contribution in [3.63, 3.8) is 0 Å². The Labute approximate surface area is 253 Å². The Hall–Kier alpha value is -4.14. The normalized spacial score (nSPS) is 18.0. The molecule has 1 aromatic heterocycles. The van der Waals surface area contributed by atoms with Crippen molar-refractivity contribution in [1.29, 1.82) is 5.26 Å². The molecule has 0 saturated heterocycles. The number of aromatic nitrogens is 2. The number of benzene rings is 2. The molecule has 1 atom stereocenters. The predicted molar refractivity (Wildman–Crippen MR) is 165 cm³/mol. The van der Waals surface area contributed by atoms with E-state index in [-0.39, 0.29) is 34.3 Å². The molecule has 1 aliphatic carbocycles. The number of nitriles is 1. The number of para-hydroxylation sites is 1. The van der Waals surface area contributed by atoms with Gasteiger partial charge in [-0.05, 0) is 54.5 Å². The number of nitrogens with one attached hydrogen (secondary N) is 1. The van der Waals surface area contributed by atoms with Gasteiger partial charge in [0.1, 0.15) is 11.6 Å². The molecule has 2 aromatic carbocycles. The minimum absolute atomic E-state index is 0.0263. The molecule has 1 aliphatic heterocycles. The second-order valence-corrected chi connectivity index (χ2v) is 13.4. The fraction of sp³-hybridized carbons (Fsp3) is 0.323. The summed E-state index contributed by atoms with van der Waals surface area (Å²) in [5, 5.41) is 22.4. The summed E-state index contributed by atoms with van der Waals surface area (Å²) < 4.78 is 6.00. The molecule has 0 saturated carbocycles. The second-order valence-electron chi connectivity index (χ2n) is 11.2. The number of amides is 1. The molecule has 5 rings (SSSR count). The Bertz CT molecular complexity index is 1660. The summed E-state index contributed by atoms with van der Waals surface area (Å²) in [6.07, 6.45) is 0.916. The van der Waals surface area contributed by atoms with Crippen molar-refractivity contribution >= 4 is 45.6 Å². The number of ketones is 1. The summed E-state index contributed by atoms with van der Waals surface area (Å²) >= 11 is 2.54. The first-order chi connectivity index (χ1) is 20.0. The zero-order valence-electron chi connectivity index (χ0n) is 24.1. The minimum Gasteiger partial charge on any atom is -0.497 e. The zero-order chi connectivity index (χ0) is 30.2. The summed E-state index contributed by atoms with van der Waals surface area (Å²) in [4.78, 5) is 28.2. The first-order valence-electron chi connectivity index (χ1n) is 13.5. The lowest BCUT2D eigenvalue weighted by molar-refractivity contribution is -0.118. The van der Waals surface area contributed by atoms with Gasteiger partial charge < -0.3 is 15.8 Å². The summed E-state index contributed by atoms with van der Waals surface area (Å²) in [6.45, 7) is 8.00. The molecule has 42 heavy (non-hydrogen) atoms. The minimum atomic E-state index is -0.615. The monoisotopic (exact) mass is 600 g/mol. The highest BCUT2D eigenvalue weighted by Gasteiger charge is 2.45. The molecule has 216 valence electrons. The van der Waals surface area contributed by atoms with E-state index in [2.05, 4.69) is 21.6 Å². The van der Waals surface area contributed by atoms with E-state index < -0.39 is 5.92 Å². The third-order valence-corrected chi connectivity index (χ3v) is 9.51. The molecular weight excluding hydrogens is 569 g/mol. The molecule has 0 fully saturated rings. The summed E-state index contributed by atoms with van der Waals surface area (Å²) in [7, 11) is 1.58. The van der Waals surface area contributed by atoms with E-state index in [4.69, 9.17) is 10.5 Å². The first kappa shape index (κ1) is 29.4. The molecular formula is C31H32N6O3S2. The van der Waals surface area contributed by atoms with Crippen molar-refractivity contribution in [3.8, 4) is 11.8 Å². The van der Waals surface area contributed by atoms with E-state index in [9.17, 15) is 14.9 Å². The van der Waals surface area contributed by atoms with E-state index in [1.807, 2.05) is 70.2 Å². The van der Waals surface area contributed by atoms with E-state index in [1.165, 1.54) is 23.1 Å². The number of anilines is 2. The Morgan fingerprint density at radius 1 is 1.21 bits per heavy atom. The average Bonchev–Trinajstić information content (AvgIpc) is 3.41. The summed E-state index contributed by atoms with van der Waals surface area (Å²) in [5.41, 5.74) is 11.5. The topological polar surface area (TPSA) is 134 Å². The van der Waals surface area contributed by atoms with Gasteiger partial charge in [-0.3, -0.25) is 14.5 Å². The van der Waals surface area contributed by atoms with Gasteiger partial charge in [0.05, 0.1) is 30.4 Å². The van der Waals surface area contributed by atoms with E-state index >= 15 is 0 Å². The van der Waals surface area contributed by atoms with Crippen molar-refractivity contribution < 1.29 is 14.3 Å². The van der Waals surface area contributed by atoms with Crippen LogP contribution in [0.4, 0.5) is 10.8 Å². The van der Waals surface area contributed by atoms with Crippen LogP contribution in [0.15, 0.2) is 69.5 Å². The van der Waals surface area contributed by atoms with Crippen molar-refractivity contribution in [2.24, 2.45) is 11.1 Å². The molecule has 0 spiro atoms. The molecule has 2 aliphatic rings. The third kappa shape index (κ3) is 5.65. The van der Waals surface area contributed by atoms with Crippen LogP contribution in [-0.4, -0.2) is 34.8 Å². The van der Waals surface area contributed by atoms with Crippen LogP contribution in [-0.2, 0) is 9.59 Å². The lowest BCUT2D eigenvalue weighted by Crippen LogP contribution is -2.42. The maximum atomic E-state index is 13.7. The quantitative estimate of drug-likeness (QED) is 0.321. The maximum Gasteiger partial charge on any atom is 0.234 e. The summed E-state index contributed by atoms with van der Waals surface area (Å²) in [6, 6.07) is 15.5. The standard InChI is InChI=1S/C31H32N6O3S2/c1-17-8-6-9-18(2)27(17)34-24(39)16-41-30-36-35-29(42-30)37-22-13-31(3,4)14-23(38)26(22)25(21(15-32)28(37)33)19-10-7-11-20(12-19)40-5/h6-12,25H,13-14,16,33H2,1-5H3,(H,34,39). The van der Waals surface area contributed by atoms with Gasteiger partial charge in [-0.15, -0.1) is 10.2 Å². The molecule has 2 heterocycles. The molecule has 0 bridgehead atoms. The number of rotatable bonds is 7. The number of ether oxygens (including phenoxy) is 1. The highest BCUT2D eigenvalue weighted by atomic mass is 32.2. The van der Waals surface area contributed by atoms with Crippen LogP contribution in [0.5, 0.6) is 5.75 Å². The van der Waals surface area contributed by atoms with Crippen LogP contribution in [0.1, 0.15) is 49.3 Å². The number of hydrogen-bond acceptors (Lipinski definition) is 10. The number of thioether (sulfide) groups is 1. The lowest BCUT2D eigenvalue weighted by atomic mass is 9.68. The average molecular weight is 601 g/mol. The second kappa shape index (κ2) is 11.6. The van der Waals surface area contributed by atoms with E-state index in [0.29, 0.717) is 33.6 Å². The Kier molecular flexibility index (Phi) is 8.12. The number of allylic oxidation sites excluding steroid dienone is 3. The van der Waals surface area contributed by atoms with Gasteiger partial charge in [-0.25, -0.2) is 0 Å². The molecule has 11 heteroatoms. The van der Waals surface area contributed by atoms with Gasteiger partial charge in [0.15, 0.2) is 10.1 Å². The largest absolute Gasteiger partial charge is 0.497 e. The SMILES string of the molecule is COc1cccc(C2C(C#N)=C(N)N(c3nnc(SCC(=O)Nc4c(C)cccc4C)s3)C3=C2C(=O)CC(C)(C)C3)c1. The number of Topliss-reactive ketones (excluding diaryl/α,β-unsaturated/α-hetero) is 1. The van der Waals surface area contributed by atoms with Gasteiger partial charge >= 0.3 is 0 Å². The van der Waals surface area contributed by atoms with Crippen molar-refractivity contribution in [3.05, 3.63) is 81.8 Å². The fourth-order valence-electron chi connectivity index (χ4n) is 5.55. The van der Waals surface area contributed by atoms with Gasteiger partial charge in [-0.2, -0.15) is 5.26 Å². The number of nitrogens with zero attached hydrogens (tertiary/aromatic N) is 4. The lowest BCUT2D eigenvalue weighted by Gasteiger charge is -2.42. The molecule has 0 radical (unpaired) electrons. The smallest absolute Gasteiger partial charge is 0.234 e. The number of carbonyl (C=O) groups is 2. The third-order valence-electron chi connectivity index (χ3n) is 7.47. The van der Waals surface area contributed by atoms with Crippen molar-refractivity contribution in [2.75, 3.05) is 23.1 Å². The van der Waals surface area contributed by atoms with E-state index in [1.54, 1.807) is 12.0 Å². The number of carbonyl (C=O) groups excluding carboxylic acids is 2. The Morgan fingerprint density at radius 3 is 2.62 bits per heavy atom. The Morgan fingerprint density at radius 2 is 1.93 bits per heavy atom. The highest BCUT2D eigenvalue weighted by Crippen LogP contribution is 2.51. The van der Waals surface area contributed by atoms with Gasteiger partial charge in [0, 0.05) is 23.4 Å². The fourth-order valence-corrected chi connectivity index (χ4v) is 7.23. The molecule has 9 nitrogen and oxygen atoms in total. The van der Waals surface area contributed by atoms with Crippen LogP contribution in [0.3, 0.4) is 0 Å². The van der Waals surface area contributed by atoms with Crippen LogP contribution < -0.4 is 20.7 Å². The van der Waals surface area contributed by atoms with Crippen LogP contribution in [0.25, 0.3) is 0 Å². The number of hydrogen-bond donors (Lipinski definition) is 2. The van der Waals surface area contributed by atoms with Crippen molar-refractivity contribution in [2.45, 2.75) is 50.8 Å².